The predicted molar refractivity (Wildman–Crippen MR) is 106 cm³/mol. The fourth-order valence-corrected chi connectivity index (χ4v) is 3.10. The van der Waals surface area contributed by atoms with Gasteiger partial charge in [0.15, 0.2) is 5.69 Å². The van der Waals surface area contributed by atoms with E-state index in [-0.39, 0.29) is 11.4 Å². The van der Waals surface area contributed by atoms with Gasteiger partial charge >= 0.3 is 0 Å². The number of aromatic amines is 1. The van der Waals surface area contributed by atoms with Gasteiger partial charge in [0, 0.05) is 5.69 Å². The molecule has 0 atom stereocenters. The van der Waals surface area contributed by atoms with Gasteiger partial charge in [0.05, 0.1) is 11.0 Å². The molecule has 0 aliphatic carbocycles. The summed E-state index contributed by atoms with van der Waals surface area (Å²) in [4.78, 5) is 36.6. The lowest BCUT2D eigenvalue weighted by Crippen LogP contribution is -2.23. The van der Waals surface area contributed by atoms with E-state index in [1.54, 1.807) is 6.07 Å². The number of carbonyl (C=O) groups is 2. The van der Waals surface area contributed by atoms with E-state index in [4.69, 9.17) is 5.73 Å². The Morgan fingerprint density at radius 2 is 1.89 bits per heavy atom. The Balaban J connectivity index is 1.74. The third-order valence-corrected chi connectivity index (χ3v) is 4.47. The second-order valence-electron chi connectivity index (χ2n) is 6.22. The first-order valence-corrected chi connectivity index (χ1v) is 8.80. The van der Waals surface area contributed by atoms with Crippen molar-refractivity contribution >= 4 is 28.5 Å². The van der Waals surface area contributed by atoms with Crippen LogP contribution < -0.4 is 11.1 Å². The van der Waals surface area contributed by atoms with Crippen molar-refractivity contribution in [3.05, 3.63) is 71.8 Å². The molecule has 0 fully saturated rings. The molecule has 8 nitrogen and oxygen atoms in total. The number of H-pyrrole nitrogens is 1. The van der Waals surface area contributed by atoms with Crippen LogP contribution in [0.4, 0.5) is 5.69 Å². The zero-order valence-corrected chi connectivity index (χ0v) is 15.1. The molecule has 2 aromatic heterocycles. The van der Waals surface area contributed by atoms with E-state index in [1.807, 2.05) is 49.4 Å². The molecule has 4 aromatic rings. The number of para-hydroxylation sites is 3. The molecule has 0 saturated heterocycles. The number of anilines is 1. The summed E-state index contributed by atoms with van der Waals surface area (Å²) in [5, 5.41) is 2.81. The van der Waals surface area contributed by atoms with Crippen LogP contribution in [0.3, 0.4) is 0 Å². The number of benzene rings is 2. The van der Waals surface area contributed by atoms with E-state index in [2.05, 4.69) is 20.3 Å². The van der Waals surface area contributed by atoms with Crippen molar-refractivity contribution in [2.24, 2.45) is 5.73 Å². The van der Waals surface area contributed by atoms with E-state index >= 15 is 0 Å². The zero-order valence-electron chi connectivity index (χ0n) is 15.1. The Bertz CT molecular complexity index is 1160. The third-order valence-electron chi connectivity index (χ3n) is 4.47. The summed E-state index contributed by atoms with van der Waals surface area (Å²) >= 11 is 0. The molecular weight excluding hydrogens is 356 g/mol. The van der Waals surface area contributed by atoms with Crippen LogP contribution in [-0.4, -0.2) is 31.3 Å². The van der Waals surface area contributed by atoms with Gasteiger partial charge in [-0.1, -0.05) is 37.3 Å². The number of nitrogens with one attached hydrogen (secondary N) is 2. The van der Waals surface area contributed by atoms with E-state index < -0.39 is 11.8 Å². The summed E-state index contributed by atoms with van der Waals surface area (Å²) in [6.07, 6.45) is 2.12. The number of rotatable bonds is 5. The molecule has 4 rings (SSSR count). The Labute approximate surface area is 160 Å². The molecule has 2 heterocycles. The lowest BCUT2D eigenvalue weighted by atomic mass is 10.1. The van der Waals surface area contributed by atoms with Crippen molar-refractivity contribution in [2.45, 2.75) is 13.3 Å². The number of primary amides is 1. The molecule has 0 spiro atoms. The van der Waals surface area contributed by atoms with E-state index in [0.29, 0.717) is 11.6 Å². The smallest absolute Gasteiger partial charge is 0.276 e. The summed E-state index contributed by atoms with van der Waals surface area (Å²) in [7, 11) is 0. The summed E-state index contributed by atoms with van der Waals surface area (Å²) in [5.74, 6) is -0.924. The maximum atomic E-state index is 12.8. The second-order valence-corrected chi connectivity index (χ2v) is 6.22. The van der Waals surface area contributed by atoms with Crippen LogP contribution in [-0.2, 0) is 6.42 Å². The minimum atomic E-state index is -0.771. The van der Waals surface area contributed by atoms with Gasteiger partial charge in [-0.3, -0.25) is 14.2 Å². The highest BCUT2D eigenvalue weighted by Gasteiger charge is 2.24. The van der Waals surface area contributed by atoms with Gasteiger partial charge in [-0.25, -0.2) is 9.97 Å². The molecule has 0 radical (unpaired) electrons. The summed E-state index contributed by atoms with van der Waals surface area (Å²) in [6.45, 7) is 2.00. The highest BCUT2D eigenvalue weighted by molar-refractivity contribution is 6.10. The molecule has 0 unspecified atom stereocenters. The number of aryl methyl sites for hydroxylation is 1. The fraction of sp³-hybridized carbons (Fsp3) is 0.100. The van der Waals surface area contributed by atoms with Crippen molar-refractivity contribution in [3.8, 4) is 5.95 Å². The van der Waals surface area contributed by atoms with Gasteiger partial charge in [0.25, 0.3) is 11.8 Å². The Hall–Kier alpha value is -3.94. The molecule has 0 aliphatic rings. The van der Waals surface area contributed by atoms with E-state index in [1.165, 1.54) is 10.9 Å². The Kier molecular flexibility index (Phi) is 4.36. The first-order chi connectivity index (χ1) is 13.6. The second kappa shape index (κ2) is 6.99. The average Bonchev–Trinajstić information content (AvgIpc) is 3.32. The van der Waals surface area contributed by atoms with Crippen molar-refractivity contribution in [1.82, 2.24) is 19.5 Å². The van der Waals surface area contributed by atoms with Crippen molar-refractivity contribution in [1.29, 1.82) is 0 Å². The van der Waals surface area contributed by atoms with Crippen molar-refractivity contribution in [2.75, 3.05) is 5.32 Å². The normalized spacial score (nSPS) is 10.9. The van der Waals surface area contributed by atoms with Crippen LogP contribution >= 0.6 is 0 Å². The number of hydrogen-bond acceptors (Lipinski definition) is 4. The number of imidazole rings is 2. The van der Waals surface area contributed by atoms with Gasteiger partial charge in [-0.05, 0) is 30.2 Å². The molecule has 4 N–H and O–H groups in total. The molecule has 140 valence electrons. The molecule has 2 aromatic carbocycles. The Morgan fingerprint density at radius 1 is 1.14 bits per heavy atom. The number of hydrogen-bond donors (Lipinski definition) is 3. The number of carbonyl (C=O) groups excluding carboxylic acids is 2. The SMILES string of the molecule is CCc1ccccc1NC(=O)c1ncn(-c2nc3ccccc3[nH]2)c1C(N)=O. The maximum absolute atomic E-state index is 12.8. The largest absolute Gasteiger partial charge is 0.364 e. The van der Waals surface area contributed by atoms with Crippen molar-refractivity contribution in [3.63, 3.8) is 0 Å². The molecule has 28 heavy (non-hydrogen) atoms. The topological polar surface area (TPSA) is 119 Å². The highest BCUT2D eigenvalue weighted by Crippen LogP contribution is 2.20. The molecule has 8 heteroatoms. The average molecular weight is 374 g/mol. The third kappa shape index (κ3) is 3.01. The standard InChI is InChI=1S/C20H18N6O2/c1-2-12-7-3-4-8-13(12)23-19(28)16-17(18(21)27)26(11-22-16)20-24-14-9-5-6-10-15(14)25-20/h3-11H,2H2,1H3,(H2,21,27)(H,23,28)(H,24,25). The van der Waals surface area contributed by atoms with Crippen LogP contribution in [0.5, 0.6) is 0 Å². The van der Waals surface area contributed by atoms with Gasteiger partial charge < -0.3 is 16.0 Å². The fourth-order valence-electron chi connectivity index (χ4n) is 3.10. The zero-order chi connectivity index (χ0) is 19.7. The highest BCUT2D eigenvalue weighted by atomic mass is 16.2. The van der Waals surface area contributed by atoms with Gasteiger partial charge in [-0.2, -0.15) is 0 Å². The number of nitrogens with zero attached hydrogens (tertiary/aromatic N) is 3. The van der Waals surface area contributed by atoms with Crippen LogP contribution in [0.2, 0.25) is 0 Å². The molecule has 0 aliphatic heterocycles. The molecule has 0 bridgehead atoms. The predicted octanol–water partition coefficient (Wildman–Crippen LogP) is 2.66. The van der Waals surface area contributed by atoms with Crippen LogP contribution in [0.25, 0.3) is 17.0 Å². The molecule has 2 amide bonds. The van der Waals surface area contributed by atoms with Crippen molar-refractivity contribution < 1.29 is 9.59 Å². The van der Waals surface area contributed by atoms with Gasteiger partial charge in [-0.15, -0.1) is 0 Å². The quantitative estimate of drug-likeness (QED) is 0.497. The van der Waals surface area contributed by atoms with E-state index in [9.17, 15) is 9.59 Å². The van der Waals surface area contributed by atoms with Crippen LogP contribution in [0.1, 0.15) is 33.5 Å². The first kappa shape index (κ1) is 17.5. The lowest BCUT2D eigenvalue weighted by molar-refractivity contribution is 0.0970. The van der Waals surface area contributed by atoms with Gasteiger partial charge in [0.1, 0.15) is 12.0 Å². The molecular formula is C20H18N6O2. The Morgan fingerprint density at radius 3 is 2.64 bits per heavy atom. The summed E-state index contributed by atoms with van der Waals surface area (Å²) in [5.41, 5.74) is 8.64. The number of amides is 2. The number of fused-ring (bicyclic) bond motifs is 1. The first-order valence-electron chi connectivity index (χ1n) is 8.80. The minimum absolute atomic E-state index is 0.0365. The molecule has 0 saturated carbocycles. The van der Waals surface area contributed by atoms with Gasteiger partial charge in [0.2, 0.25) is 5.95 Å². The monoisotopic (exact) mass is 374 g/mol. The number of aromatic nitrogens is 4. The lowest BCUT2D eigenvalue weighted by Gasteiger charge is -2.09. The summed E-state index contributed by atoms with van der Waals surface area (Å²) in [6, 6.07) is 14.9. The van der Waals surface area contributed by atoms with Crippen LogP contribution in [0, 0.1) is 0 Å². The minimum Gasteiger partial charge on any atom is -0.364 e. The number of nitrogens with two attached hydrogens (primary N) is 1. The maximum Gasteiger partial charge on any atom is 0.276 e. The summed E-state index contributed by atoms with van der Waals surface area (Å²) < 4.78 is 1.39. The van der Waals surface area contributed by atoms with Crippen LogP contribution in [0.15, 0.2) is 54.9 Å². The van der Waals surface area contributed by atoms with E-state index in [0.717, 1.165) is 23.0 Å².